The molecule has 4 aromatic rings. The van der Waals surface area contributed by atoms with Gasteiger partial charge in [0.15, 0.2) is 5.58 Å². The normalized spacial score (nSPS) is 11.1. The van der Waals surface area contributed by atoms with Crippen molar-refractivity contribution in [3.63, 3.8) is 0 Å². The minimum atomic E-state index is 0.674. The average molecular weight is 312 g/mol. The van der Waals surface area contributed by atoms with Crippen molar-refractivity contribution in [3.05, 3.63) is 65.0 Å². The van der Waals surface area contributed by atoms with Gasteiger partial charge in [-0.2, -0.15) is 0 Å². The summed E-state index contributed by atoms with van der Waals surface area (Å²) >= 11 is 7.55. The highest BCUT2D eigenvalue weighted by molar-refractivity contribution is 7.13. The Balaban J connectivity index is 1.81. The summed E-state index contributed by atoms with van der Waals surface area (Å²) in [7, 11) is 0. The van der Waals surface area contributed by atoms with Crippen LogP contribution in [0.5, 0.6) is 0 Å². The van der Waals surface area contributed by atoms with Crippen molar-refractivity contribution in [1.29, 1.82) is 0 Å². The highest BCUT2D eigenvalue weighted by Crippen LogP contribution is 2.30. The summed E-state index contributed by atoms with van der Waals surface area (Å²) in [6, 6.07) is 17.8. The molecule has 0 radical (unpaired) electrons. The minimum absolute atomic E-state index is 0.674. The van der Waals surface area contributed by atoms with Gasteiger partial charge < -0.3 is 4.42 Å². The van der Waals surface area contributed by atoms with Crippen LogP contribution in [0.2, 0.25) is 5.02 Å². The van der Waals surface area contributed by atoms with E-state index in [1.807, 2.05) is 60.0 Å². The van der Waals surface area contributed by atoms with Crippen molar-refractivity contribution in [3.8, 4) is 21.9 Å². The first kappa shape index (κ1) is 12.6. The number of fused-ring (bicyclic) bond motifs is 1. The average Bonchev–Trinajstić information content (AvgIpc) is 3.16. The van der Waals surface area contributed by atoms with Crippen LogP contribution in [0.1, 0.15) is 0 Å². The van der Waals surface area contributed by atoms with Gasteiger partial charge in [0.25, 0.3) is 0 Å². The van der Waals surface area contributed by atoms with E-state index in [4.69, 9.17) is 16.0 Å². The second kappa shape index (κ2) is 5.02. The van der Waals surface area contributed by atoms with Crippen molar-refractivity contribution in [2.24, 2.45) is 0 Å². The fraction of sp³-hybridized carbons (Fsp3) is 0. The maximum atomic E-state index is 5.93. The molecule has 0 unspecified atom stereocenters. The van der Waals surface area contributed by atoms with E-state index in [-0.39, 0.29) is 0 Å². The van der Waals surface area contributed by atoms with Crippen LogP contribution in [-0.4, -0.2) is 4.98 Å². The summed E-state index contributed by atoms with van der Waals surface area (Å²) in [5, 5.41) is 2.75. The number of thiophene rings is 1. The largest absolute Gasteiger partial charge is 0.435 e. The van der Waals surface area contributed by atoms with Gasteiger partial charge in [-0.1, -0.05) is 35.9 Å². The third kappa shape index (κ3) is 2.35. The van der Waals surface area contributed by atoms with E-state index in [0.717, 1.165) is 32.1 Å². The Morgan fingerprint density at radius 1 is 0.952 bits per heavy atom. The van der Waals surface area contributed by atoms with E-state index in [2.05, 4.69) is 4.98 Å². The van der Waals surface area contributed by atoms with Crippen LogP contribution in [0.15, 0.2) is 64.4 Å². The molecule has 2 nitrogen and oxygen atoms in total. The molecule has 0 aliphatic rings. The van der Waals surface area contributed by atoms with Gasteiger partial charge >= 0.3 is 0 Å². The topological polar surface area (TPSA) is 26.0 Å². The quantitative estimate of drug-likeness (QED) is 0.462. The van der Waals surface area contributed by atoms with Gasteiger partial charge in [-0.25, -0.2) is 4.98 Å². The van der Waals surface area contributed by atoms with Gasteiger partial charge in [0.05, 0.1) is 4.88 Å². The molecule has 21 heavy (non-hydrogen) atoms. The molecule has 0 bridgehead atoms. The lowest BCUT2D eigenvalue weighted by Crippen LogP contribution is -1.77. The van der Waals surface area contributed by atoms with E-state index >= 15 is 0 Å². The standard InChI is InChI=1S/C17H10ClNOS/c18-13-6-3-11(4-7-13)12-5-8-14-15(10-12)20-17(19-14)16-2-1-9-21-16/h1-10H. The van der Waals surface area contributed by atoms with Gasteiger partial charge in [-0.3, -0.25) is 0 Å². The molecule has 4 heteroatoms. The van der Waals surface area contributed by atoms with Gasteiger partial charge in [-0.05, 0) is 46.8 Å². The van der Waals surface area contributed by atoms with Crippen LogP contribution < -0.4 is 0 Å². The lowest BCUT2D eigenvalue weighted by Gasteiger charge is -2.00. The van der Waals surface area contributed by atoms with Gasteiger partial charge in [0.2, 0.25) is 5.89 Å². The zero-order chi connectivity index (χ0) is 14.2. The molecule has 0 spiro atoms. The number of hydrogen-bond donors (Lipinski definition) is 0. The maximum absolute atomic E-state index is 5.93. The van der Waals surface area contributed by atoms with E-state index < -0.39 is 0 Å². The summed E-state index contributed by atoms with van der Waals surface area (Å²) < 4.78 is 5.87. The molecule has 0 saturated carbocycles. The molecule has 0 aliphatic carbocycles. The molecule has 0 saturated heterocycles. The number of benzene rings is 2. The predicted octanol–water partition coefficient (Wildman–Crippen LogP) is 5.88. The van der Waals surface area contributed by atoms with E-state index in [1.165, 1.54) is 0 Å². The SMILES string of the molecule is Clc1ccc(-c2ccc3nc(-c4cccs4)oc3c2)cc1. The number of halogens is 1. The summed E-state index contributed by atoms with van der Waals surface area (Å²) in [5.41, 5.74) is 3.87. The van der Waals surface area contributed by atoms with E-state index in [1.54, 1.807) is 11.3 Å². The number of nitrogens with zero attached hydrogens (tertiary/aromatic N) is 1. The molecule has 102 valence electrons. The van der Waals surface area contributed by atoms with Crippen LogP contribution in [0.25, 0.3) is 33.0 Å². The molecule has 0 N–H and O–H groups in total. The maximum Gasteiger partial charge on any atom is 0.237 e. The first-order valence-corrected chi connectivity index (χ1v) is 7.76. The van der Waals surface area contributed by atoms with E-state index in [0.29, 0.717) is 5.89 Å². The minimum Gasteiger partial charge on any atom is -0.435 e. The second-order valence-corrected chi connectivity index (χ2v) is 6.07. The highest BCUT2D eigenvalue weighted by atomic mass is 35.5. The summed E-state index contributed by atoms with van der Waals surface area (Å²) in [4.78, 5) is 5.57. The first-order chi connectivity index (χ1) is 10.3. The molecule has 2 aromatic carbocycles. The zero-order valence-corrected chi connectivity index (χ0v) is 12.5. The van der Waals surface area contributed by atoms with Gasteiger partial charge in [0.1, 0.15) is 5.52 Å². The first-order valence-electron chi connectivity index (χ1n) is 6.50. The molecule has 0 aliphatic heterocycles. The summed E-state index contributed by atoms with van der Waals surface area (Å²) in [6.45, 7) is 0. The lowest BCUT2D eigenvalue weighted by molar-refractivity contribution is 0.622. The Hall–Kier alpha value is -2.10. The predicted molar refractivity (Wildman–Crippen MR) is 87.8 cm³/mol. The van der Waals surface area contributed by atoms with Crippen LogP contribution >= 0.6 is 22.9 Å². The van der Waals surface area contributed by atoms with Crippen molar-refractivity contribution in [1.82, 2.24) is 4.98 Å². The number of rotatable bonds is 2. The lowest BCUT2D eigenvalue weighted by atomic mass is 10.1. The fourth-order valence-electron chi connectivity index (χ4n) is 2.25. The monoisotopic (exact) mass is 311 g/mol. The molecular formula is C17H10ClNOS. The summed E-state index contributed by atoms with van der Waals surface area (Å²) in [6.07, 6.45) is 0. The molecule has 0 fully saturated rings. The Bertz CT molecular complexity index is 894. The molecule has 2 heterocycles. The third-order valence-corrected chi connectivity index (χ3v) is 4.41. The number of oxazole rings is 1. The van der Waals surface area contributed by atoms with Crippen LogP contribution in [0.3, 0.4) is 0 Å². The summed E-state index contributed by atoms with van der Waals surface area (Å²) in [5.74, 6) is 0.674. The smallest absolute Gasteiger partial charge is 0.237 e. The Morgan fingerprint density at radius 3 is 2.52 bits per heavy atom. The highest BCUT2D eigenvalue weighted by Gasteiger charge is 2.10. The van der Waals surface area contributed by atoms with Crippen molar-refractivity contribution >= 4 is 34.0 Å². The molecule has 4 rings (SSSR count). The Labute approximate surface area is 130 Å². The van der Waals surface area contributed by atoms with Gasteiger partial charge in [0, 0.05) is 5.02 Å². The van der Waals surface area contributed by atoms with E-state index in [9.17, 15) is 0 Å². The fourth-order valence-corrected chi connectivity index (χ4v) is 3.03. The van der Waals surface area contributed by atoms with Crippen LogP contribution in [0, 0.1) is 0 Å². The molecule has 2 aromatic heterocycles. The van der Waals surface area contributed by atoms with Crippen LogP contribution in [-0.2, 0) is 0 Å². The number of hydrogen-bond acceptors (Lipinski definition) is 3. The van der Waals surface area contributed by atoms with Crippen LogP contribution in [0.4, 0.5) is 0 Å². The Kier molecular flexibility index (Phi) is 3.02. The third-order valence-electron chi connectivity index (χ3n) is 3.30. The Morgan fingerprint density at radius 2 is 1.76 bits per heavy atom. The van der Waals surface area contributed by atoms with Crippen molar-refractivity contribution in [2.45, 2.75) is 0 Å². The number of aromatic nitrogens is 1. The zero-order valence-electron chi connectivity index (χ0n) is 10.9. The van der Waals surface area contributed by atoms with Gasteiger partial charge in [-0.15, -0.1) is 11.3 Å². The second-order valence-electron chi connectivity index (χ2n) is 4.69. The van der Waals surface area contributed by atoms with Crippen molar-refractivity contribution < 1.29 is 4.42 Å². The molecule has 0 amide bonds. The molecule has 0 atom stereocenters. The van der Waals surface area contributed by atoms with Crippen molar-refractivity contribution in [2.75, 3.05) is 0 Å². The molecular weight excluding hydrogens is 302 g/mol.